The van der Waals surface area contributed by atoms with Crippen molar-refractivity contribution in [3.05, 3.63) is 35.9 Å². The van der Waals surface area contributed by atoms with Crippen molar-refractivity contribution >= 4 is 23.2 Å². The molecule has 0 saturated carbocycles. The number of carboxylic acid groups (broad SMARTS) is 1. The maximum atomic E-state index is 10.2. The minimum absolute atomic E-state index is 0.0223. The van der Waals surface area contributed by atoms with E-state index >= 15 is 0 Å². The van der Waals surface area contributed by atoms with Crippen LogP contribution in [0.4, 0.5) is 0 Å². The van der Waals surface area contributed by atoms with Crippen LogP contribution in [0.25, 0.3) is 0 Å². The van der Waals surface area contributed by atoms with E-state index in [0.717, 1.165) is 5.56 Å². The van der Waals surface area contributed by atoms with E-state index in [9.17, 15) is 4.79 Å². The van der Waals surface area contributed by atoms with Gasteiger partial charge in [0.2, 0.25) is 0 Å². The lowest BCUT2D eigenvalue weighted by Crippen LogP contribution is -2.15. The predicted octanol–water partition coefficient (Wildman–Crippen LogP) is 1.63. The fourth-order valence-electron chi connectivity index (χ4n) is 1.00. The molecule has 4 nitrogen and oxygen atoms in total. The van der Waals surface area contributed by atoms with Crippen LogP contribution in [0.1, 0.15) is 5.56 Å². The van der Waals surface area contributed by atoms with Gasteiger partial charge >= 0.3 is 5.97 Å². The highest BCUT2D eigenvalue weighted by Gasteiger charge is 2.01. The summed E-state index contributed by atoms with van der Waals surface area (Å²) in [4.78, 5) is 10.2. The van der Waals surface area contributed by atoms with Gasteiger partial charge in [-0.05, 0) is 17.8 Å². The molecule has 86 valence electrons. The minimum atomic E-state index is -1.02. The lowest BCUT2D eigenvalue weighted by Gasteiger charge is -2.07. The largest absolute Gasteiger partial charge is 0.480 e. The number of carboxylic acids is 1. The molecule has 0 atom stereocenters. The third kappa shape index (κ3) is 5.43. The Morgan fingerprint density at radius 1 is 1.25 bits per heavy atom. The standard InChI is InChI=1S/C11H12O4S/c12-10(13)7-14-8-11(16)15-6-9-4-2-1-3-5-9/h1-5H,6-8H2,(H,12,13). The fourth-order valence-corrected chi connectivity index (χ4v) is 1.14. The molecule has 0 amide bonds. The van der Waals surface area contributed by atoms with Crippen molar-refractivity contribution in [1.29, 1.82) is 0 Å². The van der Waals surface area contributed by atoms with Crippen molar-refractivity contribution in [2.45, 2.75) is 6.61 Å². The molecular weight excluding hydrogens is 228 g/mol. The van der Waals surface area contributed by atoms with Crippen molar-refractivity contribution < 1.29 is 19.4 Å². The second-order valence-corrected chi connectivity index (χ2v) is 3.49. The summed E-state index contributed by atoms with van der Waals surface area (Å²) in [6.45, 7) is 0.0272. The number of carbonyl (C=O) groups is 1. The van der Waals surface area contributed by atoms with Crippen molar-refractivity contribution in [3.63, 3.8) is 0 Å². The van der Waals surface area contributed by atoms with Gasteiger partial charge < -0.3 is 14.6 Å². The Balaban J connectivity index is 2.18. The Labute approximate surface area is 98.8 Å². The molecule has 0 spiro atoms. The molecule has 0 aliphatic heterocycles. The van der Waals surface area contributed by atoms with E-state index in [2.05, 4.69) is 0 Å². The van der Waals surface area contributed by atoms with Gasteiger partial charge in [-0.2, -0.15) is 0 Å². The summed E-state index contributed by atoms with van der Waals surface area (Å²) in [5.41, 5.74) is 1.00. The number of aliphatic carboxylic acids is 1. The summed E-state index contributed by atoms with van der Waals surface area (Å²) >= 11 is 4.86. The summed E-state index contributed by atoms with van der Waals surface area (Å²) in [5.74, 6) is -1.02. The molecule has 0 unspecified atom stereocenters. The predicted molar refractivity (Wildman–Crippen MR) is 62.3 cm³/mol. The van der Waals surface area contributed by atoms with Gasteiger partial charge in [0.25, 0.3) is 0 Å². The van der Waals surface area contributed by atoms with Gasteiger partial charge in [0.05, 0.1) is 0 Å². The highest BCUT2D eigenvalue weighted by atomic mass is 32.1. The minimum Gasteiger partial charge on any atom is -0.480 e. The average Bonchev–Trinajstić information content (AvgIpc) is 2.27. The third-order valence-electron chi connectivity index (χ3n) is 1.69. The molecule has 0 aromatic heterocycles. The highest BCUT2D eigenvalue weighted by Crippen LogP contribution is 2.01. The lowest BCUT2D eigenvalue weighted by atomic mass is 10.2. The molecule has 5 heteroatoms. The molecule has 1 aromatic carbocycles. The van der Waals surface area contributed by atoms with Gasteiger partial charge in [-0.1, -0.05) is 30.3 Å². The topological polar surface area (TPSA) is 55.8 Å². The van der Waals surface area contributed by atoms with Crippen molar-refractivity contribution in [2.75, 3.05) is 13.2 Å². The maximum absolute atomic E-state index is 10.2. The Hall–Kier alpha value is -1.46. The average molecular weight is 240 g/mol. The van der Waals surface area contributed by atoms with Crippen molar-refractivity contribution in [2.24, 2.45) is 0 Å². The van der Waals surface area contributed by atoms with Gasteiger partial charge in [-0.25, -0.2) is 4.79 Å². The summed E-state index contributed by atoms with van der Waals surface area (Å²) < 4.78 is 10.0. The number of ether oxygens (including phenoxy) is 2. The van der Waals surface area contributed by atoms with Gasteiger partial charge in [-0.3, -0.25) is 0 Å². The van der Waals surface area contributed by atoms with E-state index in [1.165, 1.54) is 0 Å². The van der Waals surface area contributed by atoms with E-state index < -0.39 is 5.97 Å². The normalized spacial score (nSPS) is 9.75. The molecule has 16 heavy (non-hydrogen) atoms. The SMILES string of the molecule is O=C(O)COCC(=S)OCc1ccccc1. The van der Waals surface area contributed by atoms with E-state index in [4.69, 9.17) is 26.8 Å². The monoisotopic (exact) mass is 240 g/mol. The molecule has 0 aliphatic rings. The van der Waals surface area contributed by atoms with Gasteiger partial charge in [0.1, 0.15) is 19.8 Å². The zero-order valence-electron chi connectivity index (χ0n) is 8.59. The Morgan fingerprint density at radius 3 is 2.56 bits per heavy atom. The fraction of sp³-hybridized carbons (Fsp3) is 0.273. The first kappa shape index (κ1) is 12.6. The number of hydrogen-bond acceptors (Lipinski definition) is 4. The van der Waals surface area contributed by atoms with Crippen LogP contribution in [0.15, 0.2) is 30.3 Å². The number of thiocarbonyl (C=S) groups is 1. The summed E-state index contributed by atoms with van der Waals surface area (Å²) in [6.07, 6.45) is 0. The summed E-state index contributed by atoms with van der Waals surface area (Å²) in [6, 6.07) is 9.56. The highest BCUT2D eigenvalue weighted by molar-refractivity contribution is 7.80. The van der Waals surface area contributed by atoms with Gasteiger partial charge in [-0.15, -0.1) is 0 Å². The molecule has 0 radical (unpaired) electrons. The Morgan fingerprint density at radius 2 is 1.94 bits per heavy atom. The van der Waals surface area contributed by atoms with Crippen LogP contribution in [0, 0.1) is 0 Å². The zero-order valence-corrected chi connectivity index (χ0v) is 9.40. The van der Waals surface area contributed by atoms with Gasteiger partial charge in [0.15, 0.2) is 5.05 Å². The molecule has 0 bridgehead atoms. The van der Waals surface area contributed by atoms with E-state index in [1.807, 2.05) is 30.3 Å². The Bertz CT molecular complexity index is 350. The first-order valence-corrected chi connectivity index (χ1v) is 5.08. The molecule has 1 N–H and O–H groups in total. The number of rotatable bonds is 6. The quantitative estimate of drug-likeness (QED) is 0.766. The smallest absolute Gasteiger partial charge is 0.329 e. The third-order valence-corrected chi connectivity index (χ3v) is 1.92. The molecule has 0 saturated heterocycles. The van der Waals surface area contributed by atoms with Crippen molar-refractivity contribution in [3.8, 4) is 0 Å². The second-order valence-electron chi connectivity index (χ2n) is 3.03. The first-order chi connectivity index (χ1) is 7.68. The molecule has 0 aliphatic carbocycles. The van der Waals surface area contributed by atoms with Crippen molar-refractivity contribution in [1.82, 2.24) is 0 Å². The summed E-state index contributed by atoms with van der Waals surface area (Å²) in [5, 5.41) is 8.58. The van der Waals surface area contributed by atoms with E-state index in [1.54, 1.807) is 0 Å². The lowest BCUT2D eigenvalue weighted by molar-refractivity contribution is -0.141. The van der Waals surface area contributed by atoms with Crippen LogP contribution in [-0.4, -0.2) is 29.3 Å². The Kier molecular flexibility index (Phi) is 5.45. The van der Waals surface area contributed by atoms with Crippen LogP contribution in [-0.2, 0) is 20.9 Å². The second kappa shape index (κ2) is 6.92. The first-order valence-electron chi connectivity index (χ1n) is 4.67. The molecular formula is C11H12O4S. The van der Waals surface area contributed by atoms with Crippen LogP contribution in [0.2, 0.25) is 0 Å². The zero-order chi connectivity index (χ0) is 11.8. The van der Waals surface area contributed by atoms with Crippen LogP contribution < -0.4 is 0 Å². The molecule has 1 aromatic rings. The molecule has 0 heterocycles. The van der Waals surface area contributed by atoms with Crippen LogP contribution in [0.3, 0.4) is 0 Å². The molecule has 1 rings (SSSR count). The molecule has 0 fully saturated rings. The van der Waals surface area contributed by atoms with Gasteiger partial charge in [0, 0.05) is 0 Å². The number of benzene rings is 1. The van der Waals surface area contributed by atoms with Crippen LogP contribution >= 0.6 is 12.2 Å². The summed E-state index contributed by atoms with van der Waals surface area (Å²) in [7, 11) is 0. The van der Waals surface area contributed by atoms with Crippen LogP contribution in [0.5, 0.6) is 0 Å². The van der Waals surface area contributed by atoms with E-state index in [-0.39, 0.29) is 18.3 Å². The maximum Gasteiger partial charge on any atom is 0.329 e. The number of hydrogen-bond donors (Lipinski definition) is 1. The van der Waals surface area contributed by atoms with E-state index in [0.29, 0.717) is 6.61 Å².